The molecule has 2 atom stereocenters. The third kappa shape index (κ3) is 3.61. The number of ether oxygens (including phenoxy) is 1. The number of rotatable bonds is 5. The molecular weight excluding hydrogens is 267 g/mol. The lowest BCUT2D eigenvalue weighted by atomic mass is 10.1. The summed E-state index contributed by atoms with van der Waals surface area (Å²) < 4.78 is 4.71. The number of carboxylic acid groups (broad SMARTS) is 1. The van der Waals surface area contributed by atoms with Gasteiger partial charge in [-0.1, -0.05) is 19.9 Å². The molecule has 0 bridgehead atoms. The van der Waals surface area contributed by atoms with Crippen LogP contribution in [0.1, 0.15) is 13.8 Å². The largest absolute Gasteiger partial charge is 0.481 e. The van der Waals surface area contributed by atoms with Gasteiger partial charge in [0.05, 0.1) is 5.92 Å². The summed E-state index contributed by atoms with van der Waals surface area (Å²) >= 11 is 10.8. The first-order valence-corrected chi connectivity index (χ1v) is 6.00. The van der Waals surface area contributed by atoms with Gasteiger partial charge in [0.1, 0.15) is 11.4 Å². The zero-order valence-corrected chi connectivity index (χ0v) is 11.0. The van der Waals surface area contributed by atoms with E-state index in [0.717, 1.165) is 0 Å². The molecule has 0 radical (unpaired) electrons. The van der Waals surface area contributed by atoms with Crippen LogP contribution in [0.15, 0.2) is 12.2 Å². The minimum absolute atomic E-state index is 0.0807. The van der Waals surface area contributed by atoms with E-state index in [9.17, 15) is 9.59 Å². The Morgan fingerprint density at radius 3 is 2.47 bits per heavy atom. The van der Waals surface area contributed by atoms with E-state index in [0.29, 0.717) is 0 Å². The molecule has 0 aliphatic heterocycles. The zero-order valence-electron chi connectivity index (χ0n) is 9.52. The maximum Gasteiger partial charge on any atom is 0.330 e. The predicted octanol–water partition coefficient (Wildman–Crippen LogP) is 2.25. The average molecular weight is 281 g/mol. The molecule has 0 saturated heterocycles. The Kier molecular flexibility index (Phi) is 4.44. The average Bonchev–Trinajstić information content (AvgIpc) is 2.74. The molecule has 17 heavy (non-hydrogen) atoms. The Balaban J connectivity index is 2.45. The number of aliphatic carboxylic acids is 1. The molecule has 1 rings (SSSR count). The third-order valence-corrected chi connectivity index (χ3v) is 3.22. The van der Waals surface area contributed by atoms with Gasteiger partial charge in [0.25, 0.3) is 0 Å². The van der Waals surface area contributed by atoms with Gasteiger partial charge in [-0.15, -0.1) is 23.2 Å². The van der Waals surface area contributed by atoms with Crippen molar-refractivity contribution in [1.82, 2.24) is 0 Å². The lowest BCUT2D eigenvalue weighted by Crippen LogP contribution is -2.07. The highest BCUT2D eigenvalue weighted by atomic mass is 35.5. The number of hydrogen-bond donors (Lipinski definition) is 1. The summed E-state index contributed by atoms with van der Waals surface area (Å²) in [6.07, 6.45) is 2.80. The first kappa shape index (κ1) is 14.3. The lowest BCUT2D eigenvalue weighted by Gasteiger charge is -2.01. The molecule has 1 fully saturated rings. The topological polar surface area (TPSA) is 63.6 Å². The second-order valence-electron chi connectivity index (χ2n) is 4.54. The maximum atomic E-state index is 11.2. The smallest absolute Gasteiger partial charge is 0.330 e. The van der Waals surface area contributed by atoms with E-state index in [1.54, 1.807) is 6.08 Å². The number of esters is 1. The normalized spacial score (nSPS) is 26.2. The van der Waals surface area contributed by atoms with Crippen LogP contribution in [0.5, 0.6) is 0 Å². The summed E-state index contributed by atoms with van der Waals surface area (Å²) in [6.45, 7) is 3.61. The quantitative estimate of drug-likeness (QED) is 0.477. The van der Waals surface area contributed by atoms with E-state index < -0.39 is 22.7 Å². The summed E-state index contributed by atoms with van der Waals surface area (Å²) in [5.41, 5.74) is -0.315. The Bertz CT molecular complexity index is 349. The molecule has 0 heterocycles. The van der Waals surface area contributed by atoms with Gasteiger partial charge >= 0.3 is 11.9 Å². The van der Waals surface area contributed by atoms with Gasteiger partial charge in [-0.2, -0.15) is 0 Å². The van der Waals surface area contributed by atoms with Crippen molar-refractivity contribution in [2.45, 2.75) is 18.7 Å². The van der Waals surface area contributed by atoms with Crippen LogP contribution in [0.3, 0.4) is 0 Å². The van der Waals surface area contributed by atoms with Gasteiger partial charge < -0.3 is 9.84 Å². The summed E-state index contributed by atoms with van der Waals surface area (Å²) in [7, 11) is 0. The molecule has 6 heteroatoms. The van der Waals surface area contributed by atoms with Crippen LogP contribution in [0.25, 0.3) is 0 Å². The molecule has 1 aliphatic rings. The molecule has 1 saturated carbocycles. The number of carboxylic acids is 1. The molecule has 0 aromatic heterocycles. The van der Waals surface area contributed by atoms with E-state index in [2.05, 4.69) is 0 Å². The van der Waals surface area contributed by atoms with Crippen molar-refractivity contribution >= 4 is 35.1 Å². The SMILES string of the molecule is CC1(C)[C@H](C(=O)O)[C@@H]1/C=C\C(=O)OCC(Cl)Cl. The van der Waals surface area contributed by atoms with Crippen molar-refractivity contribution in [3.8, 4) is 0 Å². The van der Waals surface area contributed by atoms with Gasteiger partial charge in [-0.05, 0) is 11.3 Å². The van der Waals surface area contributed by atoms with E-state index in [1.807, 2.05) is 13.8 Å². The van der Waals surface area contributed by atoms with Crippen molar-refractivity contribution in [1.29, 1.82) is 0 Å². The highest BCUT2D eigenvalue weighted by Crippen LogP contribution is 2.58. The molecule has 0 aromatic rings. The van der Waals surface area contributed by atoms with Crippen molar-refractivity contribution in [3.05, 3.63) is 12.2 Å². The fraction of sp³-hybridized carbons (Fsp3) is 0.636. The zero-order chi connectivity index (χ0) is 13.2. The standard InChI is InChI=1S/C11H14Cl2O4/c1-11(2)6(9(11)10(15)16)3-4-8(14)17-5-7(12)13/h3-4,6-7,9H,5H2,1-2H3,(H,15,16)/b4-3-/t6-,9-/m0/s1. The first-order chi connectivity index (χ1) is 7.76. The first-order valence-electron chi connectivity index (χ1n) is 5.12. The van der Waals surface area contributed by atoms with Gasteiger partial charge in [0.2, 0.25) is 0 Å². The molecule has 96 valence electrons. The van der Waals surface area contributed by atoms with Gasteiger partial charge in [0, 0.05) is 6.08 Å². The molecule has 1 aliphatic carbocycles. The number of carbonyl (C=O) groups is 2. The fourth-order valence-corrected chi connectivity index (χ4v) is 2.01. The fourth-order valence-electron chi connectivity index (χ4n) is 1.88. The van der Waals surface area contributed by atoms with Gasteiger partial charge in [0.15, 0.2) is 0 Å². The van der Waals surface area contributed by atoms with Crippen molar-refractivity contribution in [2.75, 3.05) is 6.61 Å². The van der Waals surface area contributed by atoms with E-state index in [4.69, 9.17) is 33.0 Å². The van der Waals surface area contributed by atoms with E-state index >= 15 is 0 Å². The summed E-state index contributed by atoms with van der Waals surface area (Å²) in [5.74, 6) is -2.00. The molecule has 0 unspecified atom stereocenters. The van der Waals surface area contributed by atoms with E-state index in [1.165, 1.54) is 6.08 Å². The number of allylic oxidation sites excluding steroid dienone is 1. The summed E-state index contributed by atoms with van der Waals surface area (Å²) in [5, 5.41) is 8.92. The van der Waals surface area contributed by atoms with Crippen LogP contribution >= 0.6 is 23.2 Å². The molecule has 1 N–H and O–H groups in total. The molecule has 0 amide bonds. The second kappa shape index (κ2) is 5.27. The highest BCUT2D eigenvalue weighted by molar-refractivity contribution is 6.44. The Labute approximate surface area is 110 Å². The van der Waals surface area contributed by atoms with Crippen LogP contribution in [0.4, 0.5) is 0 Å². The Hall–Kier alpha value is -0.740. The number of carbonyl (C=O) groups excluding carboxylic acids is 1. The summed E-state index contributed by atoms with van der Waals surface area (Å²) in [6, 6.07) is 0. The predicted molar refractivity (Wildman–Crippen MR) is 64.0 cm³/mol. The van der Waals surface area contributed by atoms with Gasteiger partial charge in [-0.25, -0.2) is 4.79 Å². The Morgan fingerprint density at radius 2 is 2.06 bits per heavy atom. The number of halogens is 2. The van der Waals surface area contributed by atoms with Crippen molar-refractivity contribution in [2.24, 2.45) is 17.3 Å². The minimum atomic E-state index is -0.848. The minimum Gasteiger partial charge on any atom is -0.481 e. The van der Waals surface area contributed by atoms with Crippen LogP contribution in [-0.2, 0) is 14.3 Å². The molecule has 0 aromatic carbocycles. The molecule has 0 spiro atoms. The maximum absolute atomic E-state index is 11.2. The van der Waals surface area contributed by atoms with Crippen LogP contribution in [0, 0.1) is 17.3 Å². The summed E-state index contributed by atoms with van der Waals surface area (Å²) in [4.78, 5) is 21.3. The van der Waals surface area contributed by atoms with Crippen LogP contribution in [0.2, 0.25) is 0 Å². The highest BCUT2D eigenvalue weighted by Gasteiger charge is 2.60. The van der Waals surface area contributed by atoms with Crippen LogP contribution in [-0.4, -0.2) is 28.5 Å². The molecular formula is C11H14Cl2O4. The van der Waals surface area contributed by atoms with Crippen molar-refractivity contribution < 1.29 is 19.4 Å². The Morgan fingerprint density at radius 1 is 1.47 bits per heavy atom. The molecule has 4 nitrogen and oxygen atoms in total. The van der Waals surface area contributed by atoms with Crippen molar-refractivity contribution in [3.63, 3.8) is 0 Å². The van der Waals surface area contributed by atoms with Gasteiger partial charge in [-0.3, -0.25) is 4.79 Å². The number of alkyl halides is 2. The van der Waals surface area contributed by atoms with Crippen LogP contribution < -0.4 is 0 Å². The lowest BCUT2D eigenvalue weighted by molar-refractivity contribution is -0.140. The third-order valence-electron chi connectivity index (χ3n) is 2.97. The van der Waals surface area contributed by atoms with E-state index in [-0.39, 0.29) is 17.9 Å². The number of hydrogen-bond acceptors (Lipinski definition) is 3. The second-order valence-corrected chi connectivity index (χ2v) is 5.82. The monoisotopic (exact) mass is 280 g/mol.